The summed E-state index contributed by atoms with van der Waals surface area (Å²) >= 11 is 0. The maximum atomic E-state index is 12.2. The first-order valence-corrected chi connectivity index (χ1v) is 14.7. The highest BCUT2D eigenvalue weighted by molar-refractivity contribution is 5.67. The quantitative estimate of drug-likeness (QED) is 0.203. The van der Waals surface area contributed by atoms with Gasteiger partial charge in [0.25, 0.3) is 0 Å². The number of amides is 1. The van der Waals surface area contributed by atoms with Crippen molar-refractivity contribution in [3.05, 3.63) is 12.2 Å². The lowest BCUT2D eigenvalue weighted by molar-refractivity contribution is 0.0922. The van der Waals surface area contributed by atoms with Gasteiger partial charge in [-0.05, 0) is 38.5 Å². The maximum absolute atomic E-state index is 12.2. The zero-order valence-electron chi connectivity index (χ0n) is 22.8. The summed E-state index contributed by atoms with van der Waals surface area (Å²) in [5.74, 6) is 0. The smallest absolute Gasteiger partial charge is 0.407 e. The Morgan fingerprint density at radius 3 is 2.03 bits per heavy atom. The zero-order chi connectivity index (χ0) is 25.8. The number of ether oxygens (including phenoxy) is 1. The van der Waals surface area contributed by atoms with E-state index in [4.69, 9.17) is 9.84 Å². The zero-order valence-corrected chi connectivity index (χ0v) is 22.8. The summed E-state index contributed by atoms with van der Waals surface area (Å²) in [7, 11) is 0. The normalized spacial score (nSPS) is 22.9. The van der Waals surface area contributed by atoms with E-state index in [0.717, 1.165) is 38.6 Å². The third kappa shape index (κ3) is 23.2. The van der Waals surface area contributed by atoms with E-state index in [1.165, 1.54) is 83.5 Å². The highest BCUT2D eigenvalue weighted by atomic mass is 16.6. The molecule has 0 radical (unpaired) electrons. The van der Waals surface area contributed by atoms with Gasteiger partial charge < -0.3 is 15.2 Å². The number of hydrazine groups is 4. The van der Waals surface area contributed by atoms with Crippen molar-refractivity contribution >= 4 is 6.09 Å². The predicted octanol–water partition coefficient (Wildman–Crippen LogP) is 4.66. The first-order valence-electron chi connectivity index (χ1n) is 14.7. The molecule has 1 heterocycles. The molecular formula is C27H56N6O3. The molecule has 0 aliphatic carbocycles. The van der Waals surface area contributed by atoms with Crippen LogP contribution in [0.25, 0.3) is 0 Å². The van der Waals surface area contributed by atoms with Gasteiger partial charge in [0, 0.05) is 32.7 Å². The molecule has 0 saturated carbocycles. The molecule has 7 N–H and O–H groups in total. The molecule has 1 unspecified atom stereocenters. The fraction of sp³-hybridized carbons (Fsp3) is 0.889. The third-order valence-electron chi connectivity index (χ3n) is 6.54. The largest absolute Gasteiger partial charge is 0.446 e. The van der Waals surface area contributed by atoms with Gasteiger partial charge in [0.05, 0.1) is 0 Å². The Balaban J connectivity index is 2.35. The fourth-order valence-corrected chi connectivity index (χ4v) is 4.35. The number of aliphatic hydroxyl groups is 1. The number of hydrogen-bond donors (Lipinski definition) is 7. The minimum absolute atomic E-state index is 0.103. The van der Waals surface area contributed by atoms with Crippen LogP contribution >= 0.6 is 0 Å². The Labute approximate surface area is 220 Å². The second kappa shape index (κ2) is 26.8. The van der Waals surface area contributed by atoms with Gasteiger partial charge in [-0.15, -0.1) is 0 Å². The number of unbranched alkanes of at least 4 members (excludes halogenated alkanes) is 2. The van der Waals surface area contributed by atoms with Crippen LogP contribution in [0.3, 0.4) is 0 Å². The summed E-state index contributed by atoms with van der Waals surface area (Å²) in [6.07, 6.45) is 26.1. The lowest BCUT2D eigenvalue weighted by Gasteiger charge is -2.17. The van der Waals surface area contributed by atoms with Gasteiger partial charge in [-0.25, -0.2) is 15.6 Å². The minimum Gasteiger partial charge on any atom is -0.446 e. The molecule has 36 heavy (non-hydrogen) atoms. The van der Waals surface area contributed by atoms with E-state index < -0.39 is 0 Å². The van der Waals surface area contributed by atoms with Gasteiger partial charge in [0.15, 0.2) is 0 Å². The van der Waals surface area contributed by atoms with Crippen LogP contribution in [0.2, 0.25) is 0 Å². The molecule has 1 amide bonds. The fourth-order valence-electron chi connectivity index (χ4n) is 4.35. The number of nitrogens with one attached hydrogen (secondary N) is 6. The van der Waals surface area contributed by atoms with Gasteiger partial charge in [-0.1, -0.05) is 89.2 Å². The van der Waals surface area contributed by atoms with Crippen LogP contribution in [0.15, 0.2) is 12.2 Å². The molecule has 9 nitrogen and oxygen atoms in total. The number of hydrogen-bond acceptors (Lipinski definition) is 8. The number of alkyl carbamates (subject to hydrolysis) is 1. The lowest BCUT2D eigenvalue weighted by Crippen LogP contribution is -2.55. The van der Waals surface area contributed by atoms with Crippen LogP contribution in [-0.2, 0) is 4.74 Å². The second-order valence-electron chi connectivity index (χ2n) is 9.87. The third-order valence-corrected chi connectivity index (χ3v) is 6.54. The van der Waals surface area contributed by atoms with Crippen LogP contribution < -0.4 is 32.8 Å². The van der Waals surface area contributed by atoms with Crippen molar-refractivity contribution in [3.63, 3.8) is 0 Å². The summed E-state index contributed by atoms with van der Waals surface area (Å²) < 4.78 is 5.72. The van der Waals surface area contributed by atoms with Crippen LogP contribution in [-0.4, -0.2) is 43.5 Å². The summed E-state index contributed by atoms with van der Waals surface area (Å²) in [5, 5.41) is 11.7. The van der Waals surface area contributed by atoms with Gasteiger partial charge >= 0.3 is 6.09 Å². The van der Waals surface area contributed by atoms with Crippen molar-refractivity contribution < 1.29 is 14.6 Å². The Morgan fingerprint density at radius 1 is 0.750 bits per heavy atom. The molecule has 0 saturated heterocycles. The Hall–Kier alpha value is -1.23. The molecule has 0 spiro atoms. The van der Waals surface area contributed by atoms with E-state index in [1.807, 2.05) is 6.08 Å². The maximum Gasteiger partial charge on any atom is 0.407 e. The Morgan fingerprint density at radius 2 is 1.36 bits per heavy atom. The monoisotopic (exact) mass is 512 g/mol. The van der Waals surface area contributed by atoms with Gasteiger partial charge in [-0.3, -0.25) is 0 Å². The van der Waals surface area contributed by atoms with Crippen molar-refractivity contribution in [1.82, 2.24) is 32.8 Å². The van der Waals surface area contributed by atoms with Crippen molar-refractivity contribution in [1.29, 1.82) is 0 Å². The Kier molecular flexibility index (Phi) is 24.4. The first kappa shape index (κ1) is 32.8. The molecule has 0 aromatic rings. The van der Waals surface area contributed by atoms with Crippen molar-refractivity contribution in [2.75, 3.05) is 26.2 Å². The van der Waals surface area contributed by atoms with Gasteiger partial charge in [0.2, 0.25) is 0 Å². The van der Waals surface area contributed by atoms with Crippen LogP contribution in [0.4, 0.5) is 4.79 Å². The molecule has 1 rings (SSSR count). The van der Waals surface area contributed by atoms with Crippen molar-refractivity contribution in [2.45, 2.75) is 128 Å². The first-order chi connectivity index (χ1) is 17.8. The summed E-state index contributed by atoms with van der Waals surface area (Å²) in [4.78, 5) is 12.2. The van der Waals surface area contributed by atoms with Gasteiger partial charge in [0.1, 0.15) is 6.10 Å². The second-order valence-corrected chi connectivity index (χ2v) is 9.87. The molecular weight excluding hydrogens is 456 g/mol. The minimum atomic E-state index is -0.334. The van der Waals surface area contributed by atoms with Crippen LogP contribution in [0, 0.1) is 0 Å². The summed E-state index contributed by atoms with van der Waals surface area (Å²) in [5.41, 5.74) is 14.9. The highest BCUT2D eigenvalue weighted by Crippen LogP contribution is 2.15. The average Bonchev–Trinajstić information content (AvgIpc) is 2.87. The highest BCUT2D eigenvalue weighted by Gasteiger charge is 2.12. The summed E-state index contributed by atoms with van der Waals surface area (Å²) in [6, 6.07) is 0. The van der Waals surface area contributed by atoms with E-state index in [0.29, 0.717) is 19.5 Å². The van der Waals surface area contributed by atoms with E-state index in [2.05, 4.69) is 38.8 Å². The van der Waals surface area contributed by atoms with E-state index in [9.17, 15) is 4.79 Å². The molecule has 9 heteroatoms. The molecule has 212 valence electrons. The molecule has 1 atom stereocenters. The van der Waals surface area contributed by atoms with Crippen molar-refractivity contribution in [3.8, 4) is 0 Å². The molecule has 1 aliphatic rings. The van der Waals surface area contributed by atoms with E-state index in [1.54, 1.807) is 0 Å². The Bertz CT molecular complexity index is 510. The number of carbonyl (C=O) groups is 1. The van der Waals surface area contributed by atoms with Crippen molar-refractivity contribution in [2.24, 2.45) is 0 Å². The number of carbonyl (C=O) groups excluding carboxylic acids is 1. The summed E-state index contributed by atoms with van der Waals surface area (Å²) in [6.45, 7) is 2.38. The molecule has 0 aromatic heterocycles. The molecule has 0 fully saturated rings. The SMILES string of the molecule is O=C(NCCCCCO)OC1C/C=C\CNNNNNCCCCCCCCCCCCCCCC1. The van der Waals surface area contributed by atoms with Crippen LogP contribution in [0.5, 0.6) is 0 Å². The molecule has 1 aliphatic heterocycles. The average molecular weight is 513 g/mol. The van der Waals surface area contributed by atoms with Crippen LogP contribution in [0.1, 0.15) is 122 Å². The lowest BCUT2D eigenvalue weighted by atomic mass is 10.0. The molecule has 0 bridgehead atoms. The van der Waals surface area contributed by atoms with E-state index in [-0.39, 0.29) is 18.8 Å². The standard InChI is InChI=1S/C27H56N6O3/c34-25-19-13-16-22-28-27(35)36-26-20-14-11-9-7-5-3-1-2-4-6-8-10-12-17-23-29-31-33-32-30-24-18-15-21-26/h15,18,26,29-34H,1-14,16-17,19-25H2,(H,28,35)/b18-15-. The van der Waals surface area contributed by atoms with E-state index >= 15 is 0 Å². The predicted molar refractivity (Wildman–Crippen MR) is 148 cm³/mol. The number of aliphatic hydroxyl groups excluding tert-OH is 1. The number of rotatable bonds is 6. The topological polar surface area (TPSA) is 119 Å². The van der Waals surface area contributed by atoms with Gasteiger partial charge in [-0.2, -0.15) is 16.6 Å². The molecule has 0 aromatic carbocycles.